The Balaban J connectivity index is 1.61. The van der Waals surface area contributed by atoms with Crippen molar-refractivity contribution >= 4 is 21.8 Å². The van der Waals surface area contributed by atoms with E-state index in [9.17, 15) is 4.79 Å². The molecule has 0 bridgehead atoms. The predicted octanol–water partition coefficient (Wildman–Crippen LogP) is 3.66. The smallest absolute Gasteiger partial charge is 0.237 e. The lowest BCUT2D eigenvalue weighted by molar-refractivity contribution is -0.123. The summed E-state index contributed by atoms with van der Waals surface area (Å²) < 4.78 is 7.01. The van der Waals surface area contributed by atoms with E-state index >= 15 is 0 Å². The zero-order valence-electron chi connectivity index (χ0n) is 14.6. The SMILES string of the molecule is Cc1cc(CN(C)C2CCNC2=O)ccc1OCc1cccc(Br)c1. The normalized spacial score (nSPS) is 17.0. The quantitative estimate of drug-likeness (QED) is 0.801. The van der Waals surface area contributed by atoms with Crippen LogP contribution >= 0.6 is 15.9 Å². The van der Waals surface area contributed by atoms with E-state index in [4.69, 9.17) is 4.74 Å². The fraction of sp³-hybridized carbons (Fsp3) is 0.350. The van der Waals surface area contributed by atoms with E-state index in [1.54, 1.807) is 0 Å². The fourth-order valence-corrected chi connectivity index (χ4v) is 3.61. The van der Waals surface area contributed by atoms with Gasteiger partial charge in [0.05, 0.1) is 6.04 Å². The summed E-state index contributed by atoms with van der Waals surface area (Å²) in [5.74, 6) is 1.03. The number of amides is 1. The van der Waals surface area contributed by atoms with Crippen LogP contribution in [0.25, 0.3) is 0 Å². The topological polar surface area (TPSA) is 41.6 Å². The van der Waals surface area contributed by atoms with Gasteiger partial charge in [0.25, 0.3) is 0 Å². The second kappa shape index (κ2) is 8.02. The molecule has 3 rings (SSSR count). The molecular formula is C20H23BrN2O2. The van der Waals surface area contributed by atoms with Crippen molar-refractivity contribution in [1.82, 2.24) is 10.2 Å². The van der Waals surface area contributed by atoms with Gasteiger partial charge in [-0.2, -0.15) is 0 Å². The minimum Gasteiger partial charge on any atom is -0.489 e. The highest BCUT2D eigenvalue weighted by atomic mass is 79.9. The van der Waals surface area contributed by atoms with Gasteiger partial charge >= 0.3 is 0 Å². The number of hydrogen-bond acceptors (Lipinski definition) is 3. The van der Waals surface area contributed by atoms with Crippen LogP contribution in [0.1, 0.15) is 23.1 Å². The van der Waals surface area contributed by atoms with Crippen molar-refractivity contribution < 1.29 is 9.53 Å². The number of rotatable bonds is 6. The molecule has 1 aliphatic rings. The van der Waals surface area contributed by atoms with Crippen LogP contribution in [0, 0.1) is 6.92 Å². The molecule has 5 heteroatoms. The summed E-state index contributed by atoms with van der Waals surface area (Å²) >= 11 is 3.48. The molecule has 1 heterocycles. The molecule has 0 radical (unpaired) electrons. The Morgan fingerprint density at radius 1 is 1.24 bits per heavy atom. The van der Waals surface area contributed by atoms with Crippen LogP contribution in [0.5, 0.6) is 5.75 Å². The summed E-state index contributed by atoms with van der Waals surface area (Å²) in [7, 11) is 2.00. The van der Waals surface area contributed by atoms with Crippen molar-refractivity contribution in [2.75, 3.05) is 13.6 Å². The number of hydrogen-bond donors (Lipinski definition) is 1. The van der Waals surface area contributed by atoms with Crippen LogP contribution in [0.15, 0.2) is 46.9 Å². The van der Waals surface area contributed by atoms with Crippen molar-refractivity contribution in [3.05, 3.63) is 63.6 Å². The van der Waals surface area contributed by atoms with Crippen molar-refractivity contribution in [3.63, 3.8) is 0 Å². The molecule has 25 heavy (non-hydrogen) atoms. The number of halogens is 1. The molecular weight excluding hydrogens is 380 g/mol. The monoisotopic (exact) mass is 402 g/mol. The van der Waals surface area contributed by atoms with Gasteiger partial charge in [0.15, 0.2) is 0 Å². The summed E-state index contributed by atoms with van der Waals surface area (Å²) in [4.78, 5) is 13.9. The third-order valence-corrected chi connectivity index (χ3v) is 5.00. The van der Waals surface area contributed by atoms with Crippen molar-refractivity contribution in [2.24, 2.45) is 0 Å². The number of nitrogens with zero attached hydrogens (tertiary/aromatic N) is 1. The molecule has 1 aliphatic heterocycles. The highest BCUT2D eigenvalue weighted by molar-refractivity contribution is 9.10. The first kappa shape index (κ1) is 18.0. The molecule has 2 aromatic rings. The Labute approximate surface area is 157 Å². The van der Waals surface area contributed by atoms with E-state index in [-0.39, 0.29) is 11.9 Å². The molecule has 1 N–H and O–H groups in total. The van der Waals surface area contributed by atoms with Crippen molar-refractivity contribution in [1.29, 1.82) is 0 Å². The number of carbonyl (C=O) groups is 1. The Kier molecular flexibility index (Phi) is 5.76. The maximum atomic E-state index is 11.8. The molecule has 1 fully saturated rings. The molecule has 4 nitrogen and oxygen atoms in total. The minimum absolute atomic E-state index is 0.0206. The van der Waals surface area contributed by atoms with E-state index in [2.05, 4.69) is 57.3 Å². The lowest BCUT2D eigenvalue weighted by atomic mass is 10.1. The molecule has 0 spiro atoms. The molecule has 0 aliphatic carbocycles. The van der Waals surface area contributed by atoms with Gasteiger partial charge < -0.3 is 10.1 Å². The lowest BCUT2D eigenvalue weighted by Crippen LogP contribution is -2.37. The molecule has 0 aromatic heterocycles. The summed E-state index contributed by atoms with van der Waals surface area (Å²) in [6.07, 6.45) is 0.877. The van der Waals surface area contributed by atoms with Crippen LogP contribution < -0.4 is 10.1 Å². The maximum Gasteiger partial charge on any atom is 0.237 e. The van der Waals surface area contributed by atoms with E-state index < -0.39 is 0 Å². The Bertz CT molecular complexity index is 763. The average molecular weight is 403 g/mol. The van der Waals surface area contributed by atoms with Gasteiger partial charge in [0.1, 0.15) is 12.4 Å². The van der Waals surface area contributed by atoms with Gasteiger partial charge in [-0.3, -0.25) is 9.69 Å². The highest BCUT2D eigenvalue weighted by Crippen LogP contribution is 2.22. The molecule has 1 unspecified atom stereocenters. The third-order valence-electron chi connectivity index (χ3n) is 4.51. The third kappa shape index (κ3) is 4.61. The van der Waals surface area contributed by atoms with E-state index in [0.29, 0.717) is 6.61 Å². The van der Waals surface area contributed by atoms with Gasteiger partial charge in [-0.25, -0.2) is 0 Å². The van der Waals surface area contributed by atoms with Gasteiger partial charge in [0, 0.05) is 17.6 Å². The lowest BCUT2D eigenvalue weighted by Gasteiger charge is -2.22. The number of benzene rings is 2. The van der Waals surface area contributed by atoms with Gasteiger partial charge in [-0.15, -0.1) is 0 Å². The fourth-order valence-electron chi connectivity index (χ4n) is 3.16. The molecule has 1 saturated heterocycles. The summed E-state index contributed by atoms with van der Waals surface area (Å²) in [6, 6.07) is 14.3. The van der Waals surface area contributed by atoms with Crippen LogP contribution in [-0.2, 0) is 17.9 Å². The maximum absolute atomic E-state index is 11.8. The molecule has 132 valence electrons. The number of nitrogens with one attached hydrogen (secondary N) is 1. The van der Waals surface area contributed by atoms with E-state index in [1.165, 1.54) is 5.56 Å². The molecule has 2 aromatic carbocycles. The second-order valence-corrected chi connectivity index (χ2v) is 7.44. The van der Waals surface area contributed by atoms with Crippen molar-refractivity contribution in [3.8, 4) is 5.75 Å². The standard InChI is InChI=1S/C20H23BrN2O2/c1-14-10-15(12-23(2)18-8-9-22-20(18)24)6-7-19(14)25-13-16-4-3-5-17(21)11-16/h3-7,10-11,18H,8-9,12-13H2,1-2H3,(H,22,24). The predicted molar refractivity (Wildman–Crippen MR) is 103 cm³/mol. The van der Waals surface area contributed by atoms with E-state index in [0.717, 1.165) is 40.9 Å². The minimum atomic E-state index is -0.0206. The van der Waals surface area contributed by atoms with Crippen LogP contribution in [0.3, 0.4) is 0 Å². The zero-order valence-corrected chi connectivity index (χ0v) is 16.2. The van der Waals surface area contributed by atoms with Gasteiger partial charge in [-0.1, -0.05) is 40.2 Å². The Morgan fingerprint density at radius 3 is 2.76 bits per heavy atom. The number of ether oxygens (including phenoxy) is 1. The first-order valence-corrected chi connectivity index (χ1v) is 9.27. The molecule has 0 saturated carbocycles. The van der Waals surface area contributed by atoms with Crippen LogP contribution in [-0.4, -0.2) is 30.4 Å². The molecule has 1 atom stereocenters. The first-order valence-electron chi connectivity index (χ1n) is 8.47. The summed E-state index contributed by atoms with van der Waals surface area (Å²) in [5.41, 5.74) is 3.43. The number of carbonyl (C=O) groups excluding carboxylic acids is 1. The zero-order chi connectivity index (χ0) is 17.8. The van der Waals surface area contributed by atoms with Crippen LogP contribution in [0.2, 0.25) is 0 Å². The highest BCUT2D eigenvalue weighted by Gasteiger charge is 2.27. The first-order chi connectivity index (χ1) is 12.0. The summed E-state index contributed by atoms with van der Waals surface area (Å²) in [5, 5.41) is 2.89. The Morgan fingerprint density at radius 2 is 2.08 bits per heavy atom. The van der Waals surface area contributed by atoms with Gasteiger partial charge in [-0.05, 0) is 55.3 Å². The van der Waals surface area contributed by atoms with E-state index in [1.807, 2.05) is 25.2 Å². The second-order valence-electron chi connectivity index (χ2n) is 6.53. The average Bonchev–Trinajstić information content (AvgIpc) is 3.00. The van der Waals surface area contributed by atoms with Gasteiger partial charge in [0.2, 0.25) is 5.91 Å². The number of aryl methyl sites for hydroxylation is 1. The molecule has 1 amide bonds. The number of likely N-dealkylation sites (N-methyl/N-ethyl adjacent to an activating group) is 1. The van der Waals surface area contributed by atoms with Crippen LogP contribution in [0.4, 0.5) is 0 Å². The Hall–Kier alpha value is -1.85. The van der Waals surface area contributed by atoms with Crippen molar-refractivity contribution in [2.45, 2.75) is 32.5 Å². The summed E-state index contributed by atoms with van der Waals surface area (Å²) in [6.45, 7) is 4.13. The largest absolute Gasteiger partial charge is 0.489 e.